The lowest BCUT2D eigenvalue weighted by atomic mass is 10.2. The van der Waals surface area contributed by atoms with E-state index < -0.39 is 16.0 Å². The van der Waals surface area contributed by atoms with E-state index in [1.807, 2.05) is 22.6 Å². The molecule has 0 saturated heterocycles. The minimum absolute atomic E-state index is 0.0430. The number of hydrogen-bond donors (Lipinski definition) is 2. The summed E-state index contributed by atoms with van der Waals surface area (Å²) in [7, 11) is -3.82. The number of sulfonamides is 1. The largest absolute Gasteiger partial charge is 0.478 e. The summed E-state index contributed by atoms with van der Waals surface area (Å²) in [6.07, 6.45) is 0. The van der Waals surface area contributed by atoms with Crippen LogP contribution in [-0.2, 0) is 10.0 Å². The number of halogens is 2. The van der Waals surface area contributed by atoms with Crippen LogP contribution in [0.2, 0.25) is 0 Å². The van der Waals surface area contributed by atoms with Gasteiger partial charge in [0.1, 0.15) is 0 Å². The molecular weight excluding hydrogens is 520 g/mol. The van der Waals surface area contributed by atoms with Gasteiger partial charge in [0.15, 0.2) is 0 Å². The number of carboxylic acid groups (broad SMARTS) is 1. The summed E-state index contributed by atoms with van der Waals surface area (Å²) in [5.74, 6) is -1.19. The van der Waals surface area contributed by atoms with E-state index in [0.717, 1.165) is 3.57 Å². The molecule has 5 nitrogen and oxygen atoms in total. The van der Waals surface area contributed by atoms with Gasteiger partial charge in [-0.25, -0.2) is 13.2 Å². The van der Waals surface area contributed by atoms with Gasteiger partial charge in [-0.3, -0.25) is 4.72 Å². The van der Waals surface area contributed by atoms with Gasteiger partial charge in [0.05, 0.1) is 16.1 Å². The summed E-state index contributed by atoms with van der Waals surface area (Å²) in [5, 5.41) is 9.15. The van der Waals surface area contributed by atoms with E-state index in [1.54, 1.807) is 18.2 Å². The van der Waals surface area contributed by atoms with Gasteiger partial charge >= 0.3 is 5.97 Å². The van der Waals surface area contributed by atoms with Crippen molar-refractivity contribution in [1.29, 1.82) is 0 Å². The highest BCUT2D eigenvalue weighted by molar-refractivity contribution is 14.1. The number of carboxylic acids is 1. The minimum atomic E-state index is -3.82. The van der Waals surface area contributed by atoms with Gasteiger partial charge in [-0.1, -0.05) is 0 Å². The van der Waals surface area contributed by atoms with Gasteiger partial charge < -0.3 is 5.11 Å². The molecule has 0 aliphatic rings. The molecule has 21 heavy (non-hydrogen) atoms. The number of nitrogens with one attached hydrogen (secondary N) is 1. The molecule has 0 unspecified atom stereocenters. The average molecular weight is 529 g/mol. The number of rotatable bonds is 4. The van der Waals surface area contributed by atoms with Crippen molar-refractivity contribution in [3.8, 4) is 0 Å². The first kappa shape index (κ1) is 16.5. The molecule has 0 amide bonds. The smallest absolute Gasteiger partial charge is 0.337 e. The fourth-order valence-electron chi connectivity index (χ4n) is 1.60. The van der Waals surface area contributed by atoms with Crippen molar-refractivity contribution in [2.24, 2.45) is 0 Å². The number of aromatic carboxylic acids is 1. The Kier molecular flexibility index (Phi) is 5.09. The van der Waals surface area contributed by atoms with Gasteiger partial charge in [0.25, 0.3) is 10.0 Å². The molecule has 0 saturated carbocycles. The Morgan fingerprint density at radius 2 is 1.57 bits per heavy atom. The predicted molar refractivity (Wildman–Crippen MR) is 96.1 cm³/mol. The Bertz CT molecular complexity index is 788. The van der Waals surface area contributed by atoms with Crippen LogP contribution < -0.4 is 4.72 Å². The van der Waals surface area contributed by atoms with Gasteiger partial charge in [-0.15, -0.1) is 0 Å². The van der Waals surface area contributed by atoms with Crippen LogP contribution in [0.5, 0.6) is 0 Å². The van der Waals surface area contributed by atoms with Crippen LogP contribution in [0.15, 0.2) is 47.4 Å². The first-order chi connectivity index (χ1) is 9.79. The summed E-state index contributed by atoms with van der Waals surface area (Å²) in [6, 6.07) is 10.8. The summed E-state index contributed by atoms with van der Waals surface area (Å²) in [4.78, 5) is 11.3. The van der Waals surface area contributed by atoms with Crippen molar-refractivity contribution in [2.45, 2.75) is 4.90 Å². The maximum atomic E-state index is 12.3. The summed E-state index contributed by atoms with van der Waals surface area (Å²) >= 11 is 4.04. The number of carbonyl (C=O) groups is 1. The van der Waals surface area contributed by atoms with Crippen LogP contribution >= 0.6 is 45.2 Å². The topological polar surface area (TPSA) is 83.5 Å². The molecule has 2 aromatic rings. The standard InChI is InChI=1S/C13H9I2NO4S/c14-8-1-4-10(5-2-8)21(19,20)16-12-6-3-9(15)7-11(12)13(17)18/h1-7,16H,(H,17,18). The van der Waals surface area contributed by atoms with Crippen molar-refractivity contribution in [1.82, 2.24) is 0 Å². The summed E-state index contributed by atoms with van der Waals surface area (Å²) in [5.41, 5.74) is -0.0440. The molecule has 0 radical (unpaired) electrons. The van der Waals surface area contributed by atoms with Crippen molar-refractivity contribution < 1.29 is 18.3 Å². The second kappa shape index (κ2) is 6.48. The van der Waals surface area contributed by atoms with Crippen molar-refractivity contribution >= 4 is 66.9 Å². The zero-order valence-electron chi connectivity index (χ0n) is 10.4. The van der Waals surface area contributed by atoms with Gasteiger partial charge in [-0.05, 0) is 87.6 Å². The third-order valence-corrected chi connectivity index (χ3v) is 5.35. The van der Waals surface area contributed by atoms with Crippen LogP contribution in [0.1, 0.15) is 10.4 Å². The molecule has 0 heterocycles. The molecule has 2 N–H and O–H groups in total. The maximum absolute atomic E-state index is 12.3. The van der Waals surface area contributed by atoms with E-state index in [-0.39, 0.29) is 16.1 Å². The molecule has 110 valence electrons. The van der Waals surface area contributed by atoms with E-state index in [2.05, 4.69) is 27.3 Å². The Morgan fingerprint density at radius 3 is 2.14 bits per heavy atom. The van der Waals surface area contributed by atoms with Crippen molar-refractivity contribution in [3.63, 3.8) is 0 Å². The Hall–Kier alpha value is -0.880. The zero-order chi connectivity index (χ0) is 15.6. The SMILES string of the molecule is O=C(O)c1cc(I)ccc1NS(=O)(=O)c1ccc(I)cc1. The first-order valence-electron chi connectivity index (χ1n) is 5.61. The predicted octanol–water partition coefficient (Wildman–Crippen LogP) is 3.39. The molecule has 8 heteroatoms. The van der Waals surface area contributed by atoms with Crippen LogP contribution in [0, 0.1) is 7.14 Å². The molecular formula is C13H9I2NO4S. The quantitative estimate of drug-likeness (QED) is 0.596. The van der Waals surface area contributed by atoms with Gasteiger partial charge in [0, 0.05) is 7.14 Å². The second-order valence-corrected chi connectivity index (χ2v) is 8.23. The number of hydrogen-bond acceptors (Lipinski definition) is 3. The molecule has 0 fully saturated rings. The van der Waals surface area contributed by atoms with E-state index in [9.17, 15) is 13.2 Å². The Labute approximate surface area is 149 Å². The number of benzene rings is 2. The maximum Gasteiger partial charge on any atom is 0.337 e. The summed E-state index contributed by atoms with van der Waals surface area (Å²) in [6.45, 7) is 0. The highest BCUT2D eigenvalue weighted by Crippen LogP contribution is 2.23. The van der Waals surface area contributed by atoms with E-state index >= 15 is 0 Å². The van der Waals surface area contributed by atoms with Crippen molar-refractivity contribution in [3.05, 3.63) is 55.2 Å². The molecule has 0 aliphatic heterocycles. The third-order valence-electron chi connectivity index (χ3n) is 2.58. The van der Waals surface area contributed by atoms with Crippen LogP contribution in [0.4, 0.5) is 5.69 Å². The van der Waals surface area contributed by atoms with Crippen molar-refractivity contribution in [2.75, 3.05) is 4.72 Å². The van der Waals surface area contributed by atoms with Gasteiger partial charge in [0.2, 0.25) is 0 Å². The minimum Gasteiger partial charge on any atom is -0.478 e. The lowest BCUT2D eigenvalue weighted by Crippen LogP contribution is -2.15. The normalized spacial score (nSPS) is 11.1. The number of anilines is 1. The molecule has 0 aromatic heterocycles. The van der Waals surface area contributed by atoms with Crippen LogP contribution in [-0.4, -0.2) is 19.5 Å². The average Bonchev–Trinajstić information content (AvgIpc) is 2.41. The monoisotopic (exact) mass is 529 g/mol. The molecule has 2 rings (SSSR count). The molecule has 0 aliphatic carbocycles. The zero-order valence-corrected chi connectivity index (χ0v) is 15.5. The molecule has 0 atom stereocenters. The van der Waals surface area contributed by atoms with E-state index in [4.69, 9.17) is 5.11 Å². The summed E-state index contributed by atoms with van der Waals surface area (Å²) < 4.78 is 28.5. The highest BCUT2D eigenvalue weighted by atomic mass is 127. The Balaban J connectivity index is 2.41. The lowest BCUT2D eigenvalue weighted by molar-refractivity contribution is 0.0698. The van der Waals surface area contributed by atoms with Crippen LogP contribution in [0.25, 0.3) is 0 Å². The lowest BCUT2D eigenvalue weighted by Gasteiger charge is -2.11. The first-order valence-corrected chi connectivity index (χ1v) is 9.25. The Morgan fingerprint density at radius 1 is 1.00 bits per heavy atom. The van der Waals surface area contributed by atoms with Gasteiger partial charge in [-0.2, -0.15) is 0 Å². The highest BCUT2D eigenvalue weighted by Gasteiger charge is 2.18. The third kappa shape index (κ3) is 4.07. The van der Waals surface area contributed by atoms with E-state index in [0.29, 0.717) is 3.57 Å². The second-order valence-electron chi connectivity index (χ2n) is 4.05. The molecule has 0 spiro atoms. The molecule has 2 aromatic carbocycles. The molecule has 0 bridgehead atoms. The fourth-order valence-corrected chi connectivity index (χ4v) is 3.53. The van der Waals surface area contributed by atoms with Crippen LogP contribution in [0.3, 0.4) is 0 Å². The van der Waals surface area contributed by atoms with E-state index in [1.165, 1.54) is 24.3 Å². The fraction of sp³-hybridized carbons (Fsp3) is 0.